The highest BCUT2D eigenvalue weighted by Crippen LogP contribution is 2.39. The average molecular weight is 405 g/mol. The van der Waals surface area contributed by atoms with Gasteiger partial charge in [0.25, 0.3) is 0 Å². The number of thiazole rings is 1. The van der Waals surface area contributed by atoms with Gasteiger partial charge >= 0.3 is 6.18 Å². The Morgan fingerprint density at radius 3 is 2.61 bits per heavy atom. The maximum absolute atomic E-state index is 13.1. The molecule has 0 spiro atoms. The minimum atomic E-state index is -4.42. The lowest BCUT2D eigenvalue weighted by molar-refractivity contribution is -0.137. The van der Waals surface area contributed by atoms with Gasteiger partial charge in [-0.15, -0.1) is 11.3 Å². The highest BCUT2D eigenvalue weighted by molar-refractivity contribution is 7.15. The van der Waals surface area contributed by atoms with Gasteiger partial charge in [0, 0.05) is 18.2 Å². The number of nitrogens with one attached hydrogen (secondary N) is 1. The van der Waals surface area contributed by atoms with Crippen molar-refractivity contribution in [3.05, 3.63) is 53.2 Å². The molecular weight excluding hydrogens is 387 g/mol. The fraction of sp³-hybridized carbons (Fsp3) is 0.250. The molecule has 2 aromatic heterocycles. The van der Waals surface area contributed by atoms with E-state index in [0.717, 1.165) is 27.6 Å². The van der Waals surface area contributed by atoms with E-state index in [2.05, 4.69) is 15.3 Å². The Kier molecular flexibility index (Phi) is 5.79. The van der Waals surface area contributed by atoms with E-state index in [1.807, 2.05) is 6.92 Å². The number of hydrogen-bond donors (Lipinski definition) is 1. The van der Waals surface area contributed by atoms with Crippen LogP contribution in [-0.2, 0) is 17.4 Å². The van der Waals surface area contributed by atoms with Gasteiger partial charge in [-0.05, 0) is 36.2 Å². The Morgan fingerprint density at radius 1 is 1.14 bits per heavy atom. The fourth-order valence-electron chi connectivity index (χ4n) is 2.62. The van der Waals surface area contributed by atoms with Crippen LogP contribution in [0.5, 0.6) is 0 Å². The van der Waals surface area contributed by atoms with Crippen LogP contribution in [0.4, 0.5) is 19.0 Å². The lowest BCUT2D eigenvalue weighted by Crippen LogP contribution is -2.10. The van der Waals surface area contributed by atoms with Crippen LogP contribution < -0.4 is 5.32 Å². The number of nitrogens with zero attached hydrogens (tertiary/aromatic N) is 2. The Balaban J connectivity index is 2.08. The second kappa shape index (κ2) is 8.10. The van der Waals surface area contributed by atoms with Crippen molar-refractivity contribution in [2.75, 3.05) is 5.32 Å². The maximum Gasteiger partial charge on any atom is 0.416 e. The van der Waals surface area contributed by atoms with Gasteiger partial charge in [-0.25, -0.2) is 9.97 Å². The maximum atomic E-state index is 13.1. The second-order valence-electron chi connectivity index (χ2n) is 6.05. The topological polar surface area (TPSA) is 54.9 Å². The predicted octanol–water partition coefficient (Wildman–Crippen LogP) is 5.80. The smallest absolute Gasteiger partial charge is 0.311 e. The van der Waals surface area contributed by atoms with E-state index in [1.165, 1.54) is 17.4 Å². The van der Waals surface area contributed by atoms with Crippen LogP contribution >= 0.6 is 11.3 Å². The largest absolute Gasteiger partial charge is 0.416 e. The highest BCUT2D eigenvalue weighted by atomic mass is 32.1. The molecule has 0 radical (unpaired) electrons. The van der Waals surface area contributed by atoms with Gasteiger partial charge in [0.05, 0.1) is 21.1 Å². The molecule has 3 rings (SSSR count). The van der Waals surface area contributed by atoms with Crippen LogP contribution in [0, 0.1) is 0 Å². The van der Waals surface area contributed by atoms with Crippen LogP contribution in [0.25, 0.3) is 21.7 Å². The number of pyridine rings is 1. The number of aromatic nitrogens is 2. The first kappa shape index (κ1) is 20.0. The molecule has 0 atom stereocenters. The molecular formula is C20H18F3N3OS. The number of carbonyl (C=O) groups is 1. The number of benzene rings is 1. The van der Waals surface area contributed by atoms with Crippen molar-refractivity contribution in [1.29, 1.82) is 0 Å². The highest BCUT2D eigenvalue weighted by Gasteiger charge is 2.31. The molecule has 0 aliphatic carbocycles. The molecule has 0 saturated carbocycles. The van der Waals surface area contributed by atoms with E-state index in [-0.39, 0.29) is 5.91 Å². The summed E-state index contributed by atoms with van der Waals surface area (Å²) >= 11 is 1.42. The molecule has 0 saturated heterocycles. The lowest BCUT2D eigenvalue weighted by Gasteiger charge is -2.09. The zero-order valence-electron chi connectivity index (χ0n) is 15.3. The van der Waals surface area contributed by atoms with Crippen molar-refractivity contribution in [1.82, 2.24) is 9.97 Å². The van der Waals surface area contributed by atoms with Crippen molar-refractivity contribution < 1.29 is 18.0 Å². The molecule has 146 valence electrons. The number of amides is 1. The molecule has 0 aliphatic heterocycles. The molecule has 0 aliphatic rings. The summed E-state index contributed by atoms with van der Waals surface area (Å²) in [6, 6.07) is 8.61. The summed E-state index contributed by atoms with van der Waals surface area (Å²) in [5.74, 6) is 0.229. The van der Waals surface area contributed by atoms with E-state index < -0.39 is 11.7 Å². The quantitative estimate of drug-likeness (QED) is 0.583. The zero-order chi connectivity index (χ0) is 20.3. The van der Waals surface area contributed by atoms with Gasteiger partial charge in [-0.3, -0.25) is 4.79 Å². The Hall–Kier alpha value is -2.74. The molecule has 1 N–H and O–H groups in total. The molecule has 0 unspecified atom stereocenters. The molecule has 3 aromatic rings. The predicted molar refractivity (Wildman–Crippen MR) is 104 cm³/mol. The van der Waals surface area contributed by atoms with Crippen molar-refractivity contribution in [2.24, 2.45) is 0 Å². The van der Waals surface area contributed by atoms with Gasteiger partial charge in [0.2, 0.25) is 5.91 Å². The first-order valence-corrected chi connectivity index (χ1v) is 9.57. The van der Waals surface area contributed by atoms with E-state index in [9.17, 15) is 18.0 Å². The summed E-state index contributed by atoms with van der Waals surface area (Å²) in [6.45, 7) is 3.68. The number of anilines is 1. The number of rotatable bonds is 5. The fourth-order valence-corrected chi connectivity index (χ4v) is 3.64. The number of carbonyl (C=O) groups excluding carboxylic acids is 1. The SMILES string of the molecule is CCC(=O)Nc1cc(-c2sc(CC)nc2-c2cccc(C(F)(F)F)c2)ccn1. The summed E-state index contributed by atoms with van der Waals surface area (Å²) in [4.78, 5) is 21.1. The number of halogens is 3. The molecule has 0 fully saturated rings. The molecule has 0 bridgehead atoms. The normalized spacial score (nSPS) is 11.5. The summed E-state index contributed by atoms with van der Waals surface area (Å²) < 4.78 is 39.4. The van der Waals surface area contributed by atoms with Crippen LogP contribution in [0.3, 0.4) is 0 Å². The standard InChI is InChI=1S/C20H18F3N3OS/c1-3-16(27)25-15-11-13(8-9-24-15)19-18(26-17(4-2)28-19)12-6-5-7-14(10-12)20(21,22)23/h5-11H,3-4H2,1-2H3,(H,24,25,27). The van der Waals surface area contributed by atoms with Gasteiger partial charge < -0.3 is 5.32 Å². The zero-order valence-corrected chi connectivity index (χ0v) is 16.1. The Labute approximate surface area is 164 Å². The Bertz CT molecular complexity index is 998. The first-order chi connectivity index (χ1) is 13.3. The second-order valence-corrected chi connectivity index (χ2v) is 7.13. The van der Waals surface area contributed by atoms with Crippen molar-refractivity contribution >= 4 is 23.1 Å². The first-order valence-electron chi connectivity index (χ1n) is 8.75. The summed E-state index contributed by atoms with van der Waals surface area (Å²) in [5.41, 5.74) is 0.919. The molecule has 8 heteroatoms. The molecule has 4 nitrogen and oxygen atoms in total. The third-order valence-corrected chi connectivity index (χ3v) is 5.30. The van der Waals surface area contributed by atoms with Crippen LogP contribution in [-0.4, -0.2) is 15.9 Å². The van der Waals surface area contributed by atoms with E-state index >= 15 is 0 Å². The molecule has 1 amide bonds. The van der Waals surface area contributed by atoms with Gasteiger partial charge in [-0.1, -0.05) is 26.0 Å². The van der Waals surface area contributed by atoms with E-state index in [4.69, 9.17) is 0 Å². The lowest BCUT2D eigenvalue weighted by atomic mass is 10.0. The molecule has 1 aromatic carbocycles. The minimum absolute atomic E-state index is 0.165. The third kappa shape index (κ3) is 4.39. The summed E-state index contributed by atoms with van der Waals surface area (Å²) in [5, 5.41) is 3.51. The Morgan fingerprint density at radius 2 is 1.93 bits per heavy atom. The van der Waals surface area contributed by atoms with Gasteiger partial charge in [0.15, 0.2) is 0 Å². The number of hydrogen-bond acceptors (Lipinski definition) is 4. The van der Waals surface area contributed by atoms with E-state index in [1.54, 1.807) is 31.3 Å². The molecule has 28 heavy (non-hydrogen) atoms. The van der Waals surface area contributed by atoms with Crippen LogP contribution in [0.15, 0.2) is 42.6 Å². The number of aryl methyl sites for hydroxylation is 1. The van der Waals surface area contributed by atoms with Crippen molar-refractivity contribution in [2.45, 2.75) is 32.9 Å². The van der Waals surface area contributed by atoms with Crippen molar-refractivity contribution in [3.8, 4) is 21.7 Å². The third-order valence-electron chi connectivity index (χ3n) is 4.05. The van der Waals surface area contributed by atoms with Crippen LogP contribution in [0.2, 0.25) is 0 Å². The van der Waals surface area contributed by atoms with Crippen LogP contribution in [0.1, 0.15) is 30.8 Å². The average Bonchev–Trinajstić information content (AvgIpc) is 3.12. The number of alkyl halides is 3. The van der Waals surface area contributed by atoms with Gasteiger partial charge in [-0.2, -0.15) is 13.2 Å². The van der Waals surface area contributed by atoms with E-state index in [0.29, 0.717) is 29.9 Å². The van der Waals surface area contributed by atoms with Crippen molar-refractivity contribution in [3.63, 3.8) is 0 Å². The molecule has 2 heterocycles. The monoisotopic (exact) mass is 405 g/mol. The summed E-state index contributed by atoms with van der Waals surface area (Å²) in [6.07, 6.45) is -1.88. The summed E-state index contributed by atoms with van der Waals surface area (Å²) in [7, 11) is 0. The van der Waals surface area contributed by atoms with Gasteiger partial charge in [0.1, 0.15) is 5.82 Å². The minimum Gasteiger partial charge on any atom is -0.311 e.